The number of para-hydroxylation sites is 1. The zero-order valence-corrected chi connectivity index (χ0v) is 12.0. The lowest BCUT2D eigenvalue weighted by Gasteiger charge is -2.10. The van der Waals surface area contributed by atoms with Crippen LogP contribution < -0.4 is 5.73 Å². The van der Waals surface area contributed by atoms with Crippen LogP contribution in [0, 0.1) is 0 Å². The fourth-order valence-corrected chi connectivity index (χ4v) is 2.70. The molecule has 0 aliphatic heterocycles. The summed E-state index contributed by atoms with van der Waals surface area (Å²) in [6.45, 7) is 5.77. The Hall–Kier alpha value is -2.07. The third-order valence-corrected chi connectivity index (χ3v) is 3.69. The van der Waals surface area contributed by atoms with E-state index in [1.807, 2.05) is 13.0 Å². The fraction of sp³-hybridized carbons (Fsp3) is 0.312. The first-order chi connectivity index (χ1) is 9.70. The van der Waals surface area contributed by atoms with Crippen molar-refractivity contribution in [2.45, 2.75) is 33.0 Å². The highest BCUT2D eigenvalue weighted by atomic mass is 15.3. The Morgan fingerprint density at radius 3 is 2.75 bits per heavy atom. The highest BCUT2D eigenvalue weighted by Crippen LogP contribution is 2.21. The van der Waals surface area contributed by atoms with E-state index in [2.05, 4.69) is 52.7 Å². The van der Waals surface area contributed by atoms with E-state index in [9.17, 15) is 0 Å². The van der Waals surface area contributed by atoms with Crippen molar-refractivity contribution < 1.29 is 0 Å². The number of aryl methyl sites for hydroxylation is 1. The first kappa shape index (κ1) is 12.9. The van der Waals surface area contributed by atoms with Crippen LogP contribution in [0.5, 0.6) is 0 Å². The third-order valence-electron chi connectivity index (χ3n) is 3.69. The highest BCUT2D eigenvalue weighted by Gasteiger charge is 2.12. The van der Waals surface area contributed by atoms with Gasteiger partial charge in [-0.05, 0) is 32.0 Å². The van der Waals surface area contributed by atoms with Gasteiger partial charge in [0.05, 0.1) is 17.8 Å². The minimum Gasteiger partial charge on any atom is -0.344 e. The van der Waals surface area contributed by atoms with Gasteiger partial charge in [0.1, 0.15) is 0 Å². The summed E-state index contributed by atoms with van der Waals surface area (Å²) in [6.07, 6.45) is 2.07. The third kappa shape index (κ3) is 2.12. The van der Waals surface area contributed by atoms with Crippen molar-refractivity contribution in [2.24, 2.45) is 5.73 Å². The molecule has 4 nitrogen and oxygen atoms in total. The fourth-order valence-electron chi connectivity index (χ4n) is 2.70. The van der Waals surface area contributed by atoms with E-state index in [-0.39, 0.29) is 6.04 Å². The molecule has 1 atom stereocenters. The van der Waals surface area contributed by atoms with Gasteiger partial charge in [-0.1, -0.05) is 18.2 Å². The van der Waals surface area contributed by atoms with Crippen molar-refractivity contribution in [2.75, 3.05) is 0 Å². The number of benzene rings is 1. The first-order valence-electron chi connectivity index (χ1n) is 7.05. The maximum Gasteiger partial charge on any atom is 0.0900 e. The molecule has 20 heavy (non-hydrogen) atoms. The van der Waals surface area contributed by atoms with Crippen molar-refractivity contribution in [3.8, 4) is 0 Å². The second-order valence-electron chi connectivity index (χ2n) is 5.13. The molecule has 1 unspecified atom stereocenters. The smallest absolute Gasteiger partial charge is 0.0900 e. The minimum atomic E-state index is 0.0320. The maximum absolute atomic E-state index is 6.01. The molecular weight excluding hydrogens is 248 g/mol. The zero-order valence-electron chi connectivity index (χ0n) is 12.0. The van der Waals surface area contributed by atoms with Crippen LogP contribution >= 0.6 is 0 Å². The average Bonchev–Trinajstić information content (AvgIpc) is 3.04. The largest absolute Gasteiger partial charge is 0.344 e. The number of rotatable bonds is 4. The molecule has 0 radical (unpaired) electrons. The van der Waals surface area contributed by atoms with Gasteiger partial charge in [-0.15, -0.1) is 0 Å². The van der Waals surface area contributed by atoms with Gasteiger partial charge in [0.25, 0.3) is 0 Å². The summed E-state index contributed by atoms with van der Waals surface area (Å²) in [5.41, 5.74) is 9.44. The van der Waals surface area contributed by atoms with Crippen molar-refractivity contribution in [3.63, 3.8) is 0 Å². The summed E-state index contributed by atoms with van der Waals surface area (Å²) in [4.78, 5) is 0. The predicted octanol–water partition coefficient (Wildman–Crippen LogP) is 2.93. The summed E-state index contributed by atoms with van der Waals surface area (Å²) in [5.74, 6) is 0. The van der Waals surface area contributed by atoms with Gasteiger partial charge in [0.2, 0.25) is 0 Å². The molecule has 3 aromatic rings. The number of nitrogens with two attached hydrogens (primary N) is 1. The molecule has 0 spiro atoms. The van der Waals surface area contributed by atoms with Crippen molar-refractivity contribution in [3.05, 3.63) is 54.0 Å². The molecule has 4 heteroatoms. The molecule has 1 aromatic carbocycles. The van der Waals surface area contributed by atoms with E-state index >= 15 is 0 Å². The van der Waals surface area contributed by atoms with Gasteiger partial charge in [0.15, 0.2) is 0 Å². The molecule has 2 N–H and O–H groups in total. The monoisotopic (exact) mass is 268 g/mol. The second kappa shape index (κ2) is 5.13. The van der Waals surface area contributed by atoms with E-state index in [0.29, 0.717) is 0 Å². The molecule has 0 saturated carbocycles. The van der Waals surface area contributed by atoms with E-state index in [1.54, 1.807) is 0 Å². The Balaban J connectivity index is 2.05. The lowest BCUT2D eigenvalue weighted by molar-refractivity contribution is 0.632. The molecule has 0 saturated heterocycles. The number of hydrogen-bond acceptors (Lipinski definition) is 2. The van der Waals surface area contributed by atoms with Crippen molar-refractivity contribution in [1.82, 2.24) is 14.3 Å². The Labute approximate surface area is 118 Å². The second-order valence-corrected chi connectivity index (χ2v) is 5.13. The van der Waals surface area contributed by atoms with Crippen LogP contribution in [0.4, 0.5) is 0 Å². The number of fused-ring (bicyclic) bond motifs is 1. The Morgan fingerprint density at radius 2 is 2.00 bits per heavy atom. The molecule has 0 fully saturated rings. The van der Waals surface area contributed by atoms with Crippen molar-refractivity contribution in [1.29, 1.82) is 0 Å². The Bertz CT molecular complexity index is 721. The Kier molecular flexibility index (Phi) is 3.32. The lowest BCUT2D eigenvalue weighted by atomic mass is 10.2. The van der Waals surface area contributed by atoms with Crippen LogP contribution in [0.3, 0.4) is 0 Å². The van der Waals surface area contributed by atoms with E-state index < -0.39 is 0 Å². The van der Waals surface area contributed by atoms with Gasteiger partial charge >= 0.3 is 0 Å². The SMILES string of the molecule is CCn1nc(Cn2cccc2C(C)N)c2ccccc21. The molecule has 0 aliphatic rings. The molecule has 3 rings (SSSR count). The normalized spacial score (nSPS) is 12.9. The van der Waals surface area contributed by atoms with E-state index in [0.717, 1.165) is 24.5 Å². The topological polar surface area (TPSA) is 48.8 Å². The van der Waals surface area contributed by atoms with Crippen LogP contribution in [0.1, 0.15) is 31.3 Å². The summed E-state index contributed by atoms with van der Waals surface area (Å²) < 4.78 is 4.24. The molecule has 2 aromatic heterocycles. The van der Waals surface area contributed by atoms with Crippen LogP contribution in [-0.2, 0) is 13.1 Å². The van der Waals surface area contributed by atoms with E-state index in [4.69, 9.17) is 10.8 Å². The van der Waals surface area contributed by atoms with Gasteiger partial charge in [-0.3, -0.25) is 4.68 Å². The van der Waals surface area contributed by atoms with Gasteiger partial charge in [-0.2, -0.15) is 5.10 Å². The minimum absolute atomic E-state index is 0.0320. The quantitative estimate of drug-likeness (QED) is 0.791. The summed E-state index contributed by atoms with van der Waals surface area (Å²) in [7, 11) is 0. The summed E-state index contributed by atoms with van der Waals surface area (Å²) in [6, 6.07) is 12.5. The van der Waals surface area contributed by atoms with Crippen LogP contribution in [0.2, 0.25) is 0 Å². The van der Waals surface area contributed by atoms with Crippen LogP contribution in [0.15, 0.2) is 42.6 Å². The predicted molar refractivity (Wildman–Crippen MR) is 81.5 cm³/mol. The standard InChI is InChI=1S/C16H20N4/c1-3-20-16-8-5-4-7-13(16)14(18-20)11-19-10-6-9-15(19)12(2)17/h4-10,12H,3,11,17H2,1-2H3. The molecule has 2 heterocycles. The number of hydrogen-bond donors (Lipinski definition) is 1. The van der Waals surface area contributed by atoms with Crippen molar-refractivity contribution >= 4 is 10.9 Å². The molecule has 104 valence electrons. The summed E-state index contributed by atoms with van der Waals surface area (Å²) >= 11 is 0. The number of aromatic nitrogens is 3. The highest BCUT2D eigenvalue weighted by molar-refractivity contribution is 5.81. The Morgan fingerprint density at radius 1 is 1.20 bits per heavy atom. The average molecular weight is 268 g/mol. The molecule has 0 aliphatic carbocycles. The van der Waals surface area contributed by atoms with Gasteiger partial charge < -0.3 is 10.3 Å². The molecule has 0 amide bonds. The van der Waals surface area contributed by atoms with Gasteiger partial charge in [-0.25, -0.2) is 0 Å². The zero-order chi connectivity index (χ0) is 14.1. The van der Waals surface area contributed by atoms with E-state index in [1.165, 1.54) is 10.9 Å². The maximum atomic E-state index is 6.01. The molecular formula is C16H20N4. The molecule has 0 bridgehead atoms. The van der Waals surface area contributed by atoms with Gasteiger partial charge in [0, 0.05) is 29.9 Å². The lowest BCUT2D eigenvalue weighted by Crippen LogP contribution is -2.12. The van der Waals surface area contributed by atoms with Crippen LogP contribution in [-0.4, -0.2) is 14.3 Å². The first-order valence-corrected chi connectivity index (χ1v) is 7.05. The number of nitrogens with zero attached hydrogens (tertiary/aromatic N) is 3. The summed E-state index contributed by atoms with van der Waals surface area (Å²) in [5, 5.41) is 5.96. The van der Waals surface area contributed by atoms with Crippen LogP contribution in [0.25, 0.3) is 10.9 Å².